The molecule has 0 radical (unpaired) electrons. The maximum Gasteiger partial charge on any atom is 1.00 e. The molecule has 0 spiro atoms. The molecular formula is C2Cl4LiO8P. The second kappa shape index (κ2) is 12.3. The predicted octanol–water partition coefficient (Wildman–Crippen LogP) is -1.82. The van der Waals surface area contributed by atoms with Crippen molar-refractivity contribution in [3.63, 3.8) is 0 Å². The van der Waals surface area contributed by atoms with Crippen molar-refractivity contribution >= 4 is 67.2 Å². The number of rotatable bonds is 2. The third-order valence-corrected chi connectivity index (χ3v) is 2.11. The minimum atomic E-state index is -4.37. The average molecular weight is 332 g/mol. The van der Waals surface area contributed by atoms with Crippen molar-refractivity contribution in [3.8, 4) is 0 Å². The molecule has 0 aliphatic carbocycles. The Bertz CT molecular complexity index is 238. The SMILES string of the molecule is O=C(OCl)C(=O)OCl.O=P([O-])(OCl)OCl.[Li+]. The molecule has 0 atom stereocenters. The van der Waals surface area contributed by atoms with Crippen LogP contribution in [0.5, 0.6) is 0 Å². The second-order valence-electron chi connectivity index (χ2n) is 1.31. The van der Waals surface area contributed by atoms with Crippen LogP contribution in [0, 0.1) is 0 Å². The van der Waals surface area contributed by atoms with Crippen molar-refractivity contribution in [2.45, 2.75) is 0 Å². The van der Waals surface area contributed by atoms with E-state index in [0.717, 1.165) is 0 Å². The van der Waals surface area contributed by atoms with Crippen LogP contribution >= 0.6 is 55.3 Å². The zero-order valence-corrected chi connectivity index (χ0v) is 11.1. The second-order valence-corrected chi connectivity index (χ2v) is 3.62. The van der Waals surface area contributed by atoms with Crippen LogP contribution in [0.2, 0.25) is 0 Å². The number of carbonyl (C=O) groups is 2. The molecule has 0 aliphatic rings. The molecule has 16 heavy (non-hydrogen) atoms. The maximum absolute atomic E-state index is 9.83. The third kappa shape index (κ3) is 12.9. The molecule has 14 heteroatoms. The van der Waals surface area contributed by atoms with Crippen LogP contribution in [-0.4, -0.2) is 11.9 Å². The van der Waals surface area contributed by atoms with Gasteiger partial charge in [0.1, 0.15) is 23.7 Å². The summed E-state index contributed by atoms with van der Waals surface area (Å²) in [6.07, 6.45) is 0. The molecule has 0 aliphatic heterocycles. The van der Waals surface area contributed by atoms with Crippen molar-refractivity contribution in [2.75, 3.05) is 0 Å². The molecule has 0 saturated carbocycles. The molecular weight excluding hydrogens is 332 g/mol. The van der Waals surface area contributed by atoms with E-state index in [2.05, 4.69) is 64.2 Å². The van der Waals surface area contributed by atoms with Gasteiger partial charge in [0.15, 0.2) is 0 Å². The molecule has 0 aromatic heterocycles. The van der Waals surface area contributed by atoms with Crippen LogP contribution in [0.25, 0.3) is 0 Å². The first kappa shape index (κ1) is 22.0. The Morgan fingerprint density at radius 3 is 1.25 bits per heavy atom. The molecule has 0 N–H and O–H groups in total. The topological polar surface area (TPSA) is 111 Å². The number of halogens is 4. The van der Waals surface area contributed by atoms with E-state index in [0.29, 0.717) is 0 Å². The van der Waals surface area contributed by atoms with E-state index in [9.17, 15) is 19.0 Å². The zero-order valence-electron chi connectivity index (χ0n) is 7.23. The summed E-state index contributed by atoms with van der Waals surface area (Å²) in [7, 11) is -4.37. The summed E-state index contributed by atoms with van der Waals surface area (Å²) in [4.78, 5) is 29.3. The fourth-order valence-electron chi connectivity index (χ4n) is 0.0736. The molecule has 0 aromatic rings. The van der Waals surface area contributed by atoms with E-state index in [4.69, 9.17) is 0 Å². The van der Waals surface area contributed by atoms with Gasteiger partial charge in [0.05, 0.1) is 23.7 Å². The maximum atomic E-state index is 9.83. The fraction of sp³-hybridized carbons (Fsp3) is 0. The van der Waals surface area contributed by atoms with Crippen molar-refractivity contribution in [3.05, 3.63) is 0 Å². The van der Waals surface area contributed by atoms with Crippen LogP contribution in [0.4, 0.5) is 0 Å². The fourth-order valence-corrected chi connectivity index (χ4v) is 0.476. The van der Waals surface area contributed by atoms with E-state index in [-0.39, 0.29) is 18.9 Å². The summed E-state index contributed by atoms with van der Waals surface area (Å²) in [6, 6.07) is 0. The largest absolute Gasteiger partial charge is 1.00 e. The molecule has 0 amide bonds. The molecule has 90 valence electrons. The molecule has 8 nitrogen and oxygen atoms in total. The Kier molecular flexibility index (Phi) is 16.9. The van der Waals surface area contributed by atoms with E-state index >= 15 is 0 Å². The monoisotopic (exact) mass is 330 g/mol. The molecule has 0 fully saturated rings. The first-order valence-corrected chi connectivity index (χ1v) is 5.11. The van der Waals surface area contributed by atoms with Gasteiger partial charge >= 0.3 is 38.6 Å². The van der Waals surface area contributed by atoms with E-state index in [1.165, 1.54) is 0 Å². The summed E-state index contributed by atoms with van der Waals surface area (Å²) in [5.41, 5.74) is 0. The normalized spacial score (nSPS) is 9.06. The molecule has 0 rings (SSSR count). The van der Waals surface area contributed by atoms with Crippen LogP contribution in [-0.2, 0) is 30.9 Å². The van der Waals surface area contributed by atoms with Gasteiger partial charge < -0.3 is 13.5 Å². The Labute approximate surface area is 121 Å². The summed E-state index contributed by atoms with van der Waals surface area (Å²) >= 11 is 17.4. The van der Waals surface area contributed by atoms with Gasteiger partial charge in [-0.2, -0.15) is 0 Å². The molecule has 0 saturated heterocycles. The molecule has 0 unspecified atom stereocenters. The van der Waals surface area contributed by atoms with E-state index in [1.807, 2.05) is 0 Å². The van der Waals surface area contributed by atoms with Gasteiger partial charge in [-0.15, -0.1) is 0 Å². The molecule has 0 aromatic carbocycles. The van der Waals surface area contributed by atoms with Crippen LogP contribution in [0.15, 0.2) is 0 Å². The van der Waals surface area contributed by atoms with Crippen LogP contribution in [0.3, 0.4) is 0 Å². The Hall–Kier alpha value is 0.807. The Morgan fingerprint density at radius 1 is 0.938 bits per heavy atom. The summed E-state index contributed by atoms with van der Waals surface area (Å²) in [6.45, 7) is 0. The van der Waals surface area contributed by atoms with Gasteiger partial charge in [0.25, 0.3) is 0 Å². The van der Waals surface area contributed by atoms with Gasteiger partial charge in [-0.1, -0.05) is 0 Å². The summed E-state index contributed by atoms with van der Waals surface area (Å²) in [5.74, 6) is -2.69. The minimum Gasteiger partial charge on any atom is -0.754 e. The zero-order chi connectivity index (χ0) is 12.5. The van der Waals surface area contributed by atoms with E-state index < -0.39 is 19.8 Å². The third-order valence-electron chi connectivity index (χ3n) is 0.476. The first-order chi connectivity index (χ1) is 6.84. The average Bonchev–Trinajstić information content (AvgIpc) is 2.27. The molecule has 0 bridgehead atoms. The van der Waals surface area contributed by atoms with Gasteiger partial charge in [0.2, 0.25) is 0 Å². The predicted molar refractivity (Wildman–Crippen MR) is 45.4 cm³/mol. The number of carbonyl (C=O) groups excluding carboxylic acids is 2. The minimum absolute atomic E-state index is 0. The molecule has 0 heterocycles. The van der Waals surface area contributed by atoms with Gasteiger partial charge in [0, 0.05) is 0 Å². The Balaban J connectivity index is -0.000000200. The number of phosphoric acid groups is 1. The standard InChI is InChI=1S/C2Cl2O4.Cl2HO4P.Li/c3-7-1(5)2(6)8-4;1-5-7(3,4)6-2;/h;(H,3,4);/q;;+1/p-1. The van der Waals surface area contributed by atoms with Crippen molar-refractivity contribution in [1.29, 1.82) is 0 Å². The Morgan fingerprint density at radius 2 is 1.19 bits per heavy atom. The van der Waals surface area contributed by atoms with Crippen molar-refractivity contribution < 1.29 is 54.6 Å². The van der Waals surface area contributed by atoms with Crippen molar-refractivity contribution in [1.82, 2.24) is 0 Å². The van der Waals surface area contributed by atoms with Crippen molar-refractivity contribution in [2.24, 2.45) is 0 Å². The number of hydrogen-bond acceptors (Lipinski definition) is 8. The van der Waals surface area contributed by atoms with E-state index in [1.54, 1.807) is 0 Å². The van der Waals surface area contributed by atoms with Crippen LogP contribution < -0.4 is 23.8 Å². The number of hydrogen-bond donors (Lipinski definition) is 0. The summed E-state index contributed by atoms with van der Waals surface area (Å²) in [5, 5.41) is 0. The van der Waals surface area contributed by atoms with Gasteiger partial charge in [-0.3, -0.25) is 4.57 Å². The first-order valence-electron chi connectivity index (χ1n) is 2.41. The van der Waals surface area contributed by atoms with Crippen LogP contribution in [0.1, 0.15) is 0 Å². The smallest absolute Gasteiger partial charge is 0.754 e. The van der Waals surface area contributed by atoms with Gasteiger partial charge in [-0.25, -0.2) is 17.7 Å². The summed E-state index contributed by atoms with van der Waals surface area (Å²) < 4.78 is 22.9. The van der Waals surface area contributed by atoms with Gasteiger partial charge in [-0.05, 0) is 0 Å². The quantitative estimate of drug-likeness (QED) is 0.330.